The molecule has 0 bridgehead atoms. The topological polar surface area (TPSA) is 39.9 Å². The molecule has 0 radical (unpaired) electrons. The number of halogens is 1. The van der Waals surface area contributed by atoms with Gasteiger partial charge in [0.25, 0.3) is 0 Å². The number of rotatable bonds is 8. The van der Waals surface area contributed by atoms with Crippen molar-refractivity contribution in [3.05, 3.63) is 24.3 Å². The van der Waals surface area contributed by atoms with E-state index in [1.165, 1.54) is 25.7 Å². The highest BCUT2D eigenvalue weighted by Crippen LogP contribution is 2.12. The van der Waals surface area contributed by atoms with Gasteiger partial charge in [-0.2, -0.15) is 0 Å². The second kappa shape index (κ2) is 7.67. The lowest BCUT2D eigenvalue weighted by Crippen LogP contribution is -2.27. The lowest BCUT2D eigenvalue weighted by Gasteiger charge is -2.15. The van der Waals surface area contributed by atoms with Crippen molar-refractivity contribution in [3.8, 4) is 0 Å². The lowest BCUT2D eigenvalue weighted by molar-refractivity contribution is 0.0286. The number of para-hydroxylation sites is 1. The minimum atomic E-state index is 0.211. The largest absolute Gasteiger partial charge is 0.391 e. The first kappa shape index (κ1) is 14.6. The van der Waals surface area contributed by atoms with Gasteiger partial charge >= 0.3 is 0 Å². The Bertz CT molecular complexity index is 500. The molecule has 4 nitrogen and oxygen atoms in total. The molecule has 5 heteroatoms. The number of hydrogen-bond donors (Lipinski definition) is 0. The average Bonchev–Trinajstić information content (AvgIpc) is 2.85. The van der Waals surface area contributed by atoms with Crippen molar-refractivity contribution in [1.29, 1.82) is 0 Å². The molecule has 0 fully saturated rings. The summed E-state index contributed by atoms with van der Waals surface area (Å²) in [4.78, 5) is 7.50. The fraction of sp³-hybridized carbons (Fsp3) is 0.571. The minimum absolute atomic E-state index is 0.211. The third-order valence-corrected chi connectivity index (χ3v) is 4.10. The van der Waals surface area contributed by atoms with Crippen LogP contribution in [0.3, 0.4) is 0 Å². The molecule has 0 saturated carbocycles. The van der Waals surface area contributed by atoms with Gasteiger partial charge in [-0.25, -0.2) is 0 Å². The molecule has 0 aliphatic rings. The van der Waals surface area contributed by atoms with Crippen LogP contribution in [0.2, 0.25) is 0 Å². The highest BCUT2D eigenvalue weighted by atomic mass is 127. The Morgan fingerprint density at radius 2 is 2.11 bits per heavy atom. The second-order valence-corrected chi connectivity index (χ2v) is 5.56. The van der Waals surface area contributed by atoms with Crippen molar-refractivity contribution in [2.75, 3.05) is 4.43 Å². The molecule has 19 heavy (non-hydrogen) atoms. The second-order valence-electron chi connectivity index (χ2n) is 4.68. The van der Waals surface area contributed by atoms with Crippen LogP contribution in [0, 0.1) is 0 Å². The summed E-state index contributed by atoms with van der Waals surface area (Å²) in [6.07, 6.45) is 6.36. The molecule has 0 amide bonds. The third-order valence-electron chi connectivity index (χ3n) is 3.12. The maximum atomic E-state index is 5.93. The van der Waals surface area contributed by atoms with E-state index in [2.05, 4.69) is 39.8 Å². The van der Waals surface area contributed by atoms with Gasteiger partial charge in [0.2, 0.25) is 0 Å². The number of nitrogens with zero attached hydrogens (tertiary/aromatic N) is 3. The maximum absolute atomic E-state index is 5.93. The van der Waals surface area contributed by atoms with E-state index in [4.69, 9.17) is 4.84 Å². The standard InChI is InChI=1S/C14H20IN3O/c1-2-3-4-5-8-12(11-15)19-18-14-10-7-6-9-13(14)16-17-18/h6-7,9-10,12H,2-5,8,11H2,1H3/t12-/m1/s1. The van der Waals surface area contributed by atoms with Gasteiger partial charge in [0.15, 0.2) is 0 Å². The molecule has 1 aromatic carbocycles. The van der Waals surface area contributed by atoms with Crippen molar-refractivity contribution < 1.29 is 4.84 Å². The predicted molar refractivity (Wildman–Crippen MR) is 85.5 cm³/mol. The summed E-state index contributed by atoms with van der Waals surface area (Å²) < 4.78 is 0.970. The molecular weight excluding hydrogens is 353 g/mol. The number of alkyl halides is 1. The van der Waals surface area contributed by atoms with E-state index in [0.29, 0.717) is 0 Å². The zero-order valence-electron chi connectivity index (χ0n) is 11.3. The number of hydrogen-bond acceptors (Lipinski definition) is 3. The normalized spacial score (nSPS) is 12.7. The van der Waals surface area contributed by atoms with Crippen molar-refractivity contribution in [2.45, 2.75) is 45.1 Å². The summed E-state index contributed by atoms with van der Waals surface area (Å²) in [7, 11) is 0. The Hall–Kier alpha value is -0.850. The molecule has 0 N–H and O–H groups in total. The molecule has 0 spiro atoms. The lowest BCUT2D eigenvalue weighted by atomic mass is 10.1. The molecule has 104 valence electrons. The molecule has 0 saturated heterocycles. The zero-order valence-corrected chi connectivity index (χ0v) is 13.4. The Morgan fingerprint density at radius 1 is 1.26 bits per heavy atom. The fourth-order valence-electron chi connectivity index (χ4n) is 2.02. The summed E-state index contributed by atoms with van der Waals surface area (Å²) >= 11 is 2.37. The quantitative estimate of drug-likeness (QED) is 0.403. The van der Waals surface area contributed by atoms with E-state index >= 15 is 0 Å². The maximum Gasteiger partial charge on any atom is 0.136 e. The first-order valence-electron chi connectivity index (χ1n) is 6.88. The Balaban J connectivity index is 1.94. The third kappa shape index (κ3) is 4.06. The van der Waals surface area contributed by atoms with Gasteiger partial charge in [0.1, 0.15) is 17.1 Å². The fourth-order valence-corrected chi connectivity index (χ4v) is 2.62. The molecule has 1 heterocycles. The zero-order chi connectivity index (χ0) is 13.5. The molecule has 1 atom stereocenters. The van der Waals surface area contributed by atoms with Gasteiger partial charge in [-0.15, -0.1) is 5.10 Å². The molecule has 0 aliphatic carbocycles. The van der Waals surface area contributed by atoms with E-state index in [1.54, 1.807) is 4.85 Å². The Kier molecular flexibility index (Phi) is 5.88. The molecule has 2 aromatic rings. The van der Waals surface area contributed by atoms with E-state index in [-0.39, 0.29) is 6.10 Å². The van der Waals surface area contributed by atoms with Crippen molar-refractivity contribution >= 4 is 33.6 Å². The summed E-state index contributed by atoms with van der Waals surface area (Å²) in [5.74, 6) is 0. The van der Waals surface area contributed by atoms with E-state index in [9.17, 15) is 0 Å². The van der Waals surface area contributed by atoms with Gasteiger partial charge < -0.3 is 4.84 Å². The van der Waals surface area contributed by atoms with Gasteiger partial charge in [0, 0.05) is 4.43 Å². The van der Waals surface area contributed by atoms with Crippen LogP contribution in [-0.2, 0) is 0 Å². The number of unbranched alkanes of at least 4 members (excludes halogenated alkanes) is 3. The summed E-state index contributed by atoms with van der Waals surface area (Å²) in [5.41, 5.74) is 1.81. The first-order chi connectivity index (χ1) is 9.35. The van der Waals surface area contributed by atoms with Crippen molar-refractivity contribution in [2.24, 2.45) is 0 Å². The minimum Gasteiger partial charge on any atom is -0.391 e. The predicted octanol–water partition coefficient (Wildman–Crippen LogP) is 3.63. The molecule has 1 aromatic heterocycles. The Morgan fingerprint density at radius 3 is 2.89 bits per heavy atom. The van der Waals surface area contributed by atoms with E-state index in [0.717, 1.165) is 21.9 Å². The number of benzene rings is 1. The summed E-state index contributed by atoms with van der Waals surface area (Å²) in [6.45, 7) is 2.23. The summed E-state index contributed by atoms with van der Waals surface area (Å²) in [5, 5.41) is 8.17. The highest BCUT2D eigenvalue weighted by Gasteiger charge is 2.12. The van der Waals surface area contributed by atoms with Crippen LogP contribution in [0.4, 0.5) is 0 Å². The van der Waals surface area contributed by atoms with E-state index in [1.807, 2.05) is 24.3 Å². The van der Waals surface area contributed by atoms with Gasteiger partial charge in [-0.1, -0.05) is 65.8 Å². The average molecular weight is 373 g/mol. The van der Waals surface area contributed by atoms with Crippen LogP contribution < -0.4 is 4.84 Å². The van der Waals surface area contributed by atoms with Gasteiger partial charge in [-0.3, -0.25) is 0 Å². The van der Waals surface area contributed by atoms with Gasteiger partial charge in [0.05, 0.1) is 0 Å². The van der Waals surface area contributed by atoms with Crippen molar-refractivity contribution in [3.63, 3.8) is 0 Å². The molecule has 0 unspecified atom stereocenters. The number of aromatic nitrogens is 3. The highest BCUT2D eigenvalue weighted by molar-refractivity contribution is 14.1. The molecular formula is C14H20IN3O. The van der Waals surface area contributed by atoms with Gasteiger partial charge in [-0.05, 0) is 30.2 Å². The SMILES string of the molecule is CCCCCC[C@H](CI)On1nnc2ccccc21. The summed E-state index contributed by atoms with van der Waals surface area (Å²) in [6, 6.07) is 7.87. The molecule has 2 rings (SSSR count). The van der Waals surface area contributed by atoms with Crippen LogP contribution in [-0.4, -0.2) is 25.7 Å². The number of fused-ring (bicyclic) bond motifs is 1. The van der Waals surface area contributed by atoms with Crippen LogP contribution in [0.15, 0.2) is 24.3 Å². The van der Waals surface area contributed by atoms with Crippen molar-refractivity contribution in [1.82, 2.24) is 15.2 Å². The van der Waals surface area contributed by atoms with Crippen LogP contribution in [0.25, 0.3) is 11.0 Å². The Labute approximate surface area is 127 Å². The van der Waals surface area contributed by atoms with Crippen LogP contribution in [0.5, 0.6) is 0 Å². The van der Waals surface area contributed by atoms with E-state index < -0.39 is 0 Å². The monoisotopic (exact) mass is 373 g/mol. The molecule has 0 aliphatic heterocycles. The van der Waals surface area contributed by atoms with Crippen LogP contribution in [0.1, 0.15) is 39.0 Å². The van der Waals surface area contributed by atoms with Crippen LogP contribution >= 0.6 is 22.6 Å². The first-order valence-corrected chi connectivity index (χ1v) is 8.41. The smallest absolute Gasteiger partial charge is 0.136 e.